The fourth-order valence-electron chi connectivity index (χ4n) is 3.15. The van der Waals surface area contributed by atoms with E-state index in [0.29, 0.717) is 11.0 Å². The number of para-hydroxylation sites is 1. The van der Waals surface area contributed by atoms with Crippen LogP contribution in [0.25, 0.3) is 17.1 Å². The van der Waals surface area contributed by atoms with E-state index in [1.807, 2.05) is 47.9 Å². The lowest BCUT2D eigenvalue weighted by atomic mass is 10.2. The van der Waals surface area contributed by atoms with Gasteiger partial charge in [-0.1, -0.05) is 41.6 Å². The number of thioether (sulfide) groups is 1. The number of nitrogens with zero attached hydrogens (tertiary/aromatic N) is 5. The first-order chi connectivity index (χ1) is 15.9. The number of hydrogen-bond acceptors (Lipinski definition) is 7. The highest BCUT2D eigenvalue weighted by atomic mass is 35.5. The second-order valence-corrected chi connectivity index (χ2v) is 8.30. The molecule has 166 valence electrons. The molecule has 0 aliphatic rings. The summed E-state index contributed by atoms with van der Waals surface area (Å²) in [6.45, 7) is 1.98. The Labute approximate surface area is 198 Å². The summed E-state index contributed by atoms with van der Waals surface area (Å²) < 4.78 is 1.87. The number of rotatable bonds is 7. The van der Waals surface area contributed by atoms with Crippen molar-refractivity contribution in [2.45, 2.75) is 12.1 Å². The summed E-state index contributed by atoms with van der Waals surface area (Å²) in [5, 5.41) is 23.2. The lowest BCUT2D eigenvalue weighted by Gasteiger charge is -2.12. The van der Waals surface area contributed by atoms with Crippen molar-refractivity contribution >= 4 is 40.6 Å². The van der Waals surface area contributed by atoms with Gasteiger partial charge in [0.15, 0.2) is 11.0 Å². The first kappa shape index (κ1) is 22.4. The van der Waals surface area contributed by atoms with E-state index in [9.17, 15) is 14.9 Å². The fourth-order valence-corrected chi connectivity index (χ4v) is 4.07. The Hall–Kier alpha value is -3.76. The van der Waals surface area contributed by atoms with Crippen LogP contribution in [0.15, 0.2) is 72.1 Å². The molecule has 0 saturated carbocycles. The third kappa shape index (κ3) is 5.02. The van der Waals surface area contributed by atoms with E-state index in [4.69, 9.17) is 11.6 Å². The van der Waals surface area contributed by atoms with Crippen LogP contribution in [0.2, 0.25) is 5.02 Å². The van der Waals surface area contributed by atoms with Crippen LogP contribution in [-0.4, -0.2) is 36.3 Å². The third-order valence-corrected chi connectivity index (χ3v) is 5.84. The van der Waals surface area contributed by atoms with E-state index in [-0.39, 0.29) is 22.2 Å². The van der Waals surface area contributed by atoms with Gasteiger partial charge in [0.1, 0.15) is 5.69 Å². The van der Waals surface area contributed by atoms with E-state index < -0.39 is 10.8 Å². The number of nitro groups is 1. The number of pyridine rings is 1. The standard InChI is InChI=1S/C22H17ClN6O3S/c1-14-5-2-3-7-18(14)28-21(15-6-4-10-24-12-15)26-27-22(28)33-13-20(30)25-17-9-8-16(23)11-19(17)29(31)32/h2-12H,13H2,1H3,(H,25,30). The molecule has 0 bridgehead atoms. The topological polar surface area (TPSA) is 116 Å². The van der Waals surface area contributed by atoms with E-state index in [2.05, 4.69) is 20.5 Å². The van der Waals surface area contributed by atoms with Gasteiger partial charge in [0.25, 0.3) is 5.69 Å². The number of anilines is 1. The van der Waals surface area contributed by atoms with Crippen molar-refractivity contribution in [1.29, 1.82) is 0 Å². The molecule has 1 amide bonds. The lowest BCUT2D eigenvalue weighted by molar-refractivity contribution is -0.383. The number of benzene rings is 2. The molecule has 0 spiro atoms. The molecule has 2 aromatic heterocycles. The number of nitrogens with one attached hydrogen (secondary N) is 1. The Balaban J connectivity index is 1.60. The fraction of sp³-hybridized carbons (Fsp3) is 0.0909. The van der Waals surface area contributed by atoms with Crippen LogP contribution in [0.1, 0.15) is 5.56 Å². The third-order valence-electron chi connectivity index (χ3n) is 4.67. The number of carbonyl (C=O) groups excluding carboxylic acids is 1. The van der Waals surface area contributed by atoms with Crippen molar-refractivity contribution in [3.63, 3.8) is 0 Å². The van der Waals surface area contributed by atoms with Crippen molar-refractivity contribution in [2.24, 2.45) is 0 Å². The first-order valence-electron chi connectivity index (χ1n) is 9.72. The molecule has 11 heteroatoms. The molecule has 4 aromatic rings. The minimum absolute atomic E-state index is 0.0309. The van der Waals surface area contributed by atoms with Gasteiger partial charge >= 0.3 is 0 Å². The highest BCUT2D eigenvalue weighted by Gasteiger charge is 2.20. The Bertz CT molecular complexity index is 1330. The van der Waals surface area contributed by atoms with Crippen LogP contribution in [-0.2, 0) is 4.79 Å². The van der Waals surface area contributed by atoms with Crippen molar-refractivity contribution in [3.05, 3.63) is 87.7 Å². The first-order valence-corrected chi connectivity index (χ1v) is 11.1. The summed E-state index contributed by atoms with van der Waals surface area (Å²) in [4.78, 5) is 27.4. The van der Waals surface area contributed by atoms with Crippen LogP contribution in [0, 0.1) is 17.0 Å². The van der Waals surface area contributed by atoms with Crippen LogP contribution in [0.4, 0.5) is 11.4 Å². The van der Waals surface area contributed by atoms with Crippen LogP contribution in [0.3, 0.4) is 0 Å². The molecule has 0 unspecified atom stereocenters. The molecule has 0 fully saturated rings. The van der Waals surface area contributed by atoms with Gasteiger partial charge in [0.05, 0.1) is 16.4 Å². The number of amides is 1. The maximum absolute atomic E-state index is 12.6. The quantitative estimate of drug-likeness (QED) is 0.226. The van der Waals surface area contributed by atoms with Crippen molar-refractivity contribution in [3.8, 4) is 17.1 Å². The zero-order valence-corrected chi connectivity index (χ0v) is 18.9. The van der Waals surface area contributed by atoms with Gasteiger partial charge < -0.3 is 5.32 Å². The van der Waals surface area contributed by atoms with Crippen molar-refractivity contribution in [1.82, 2.24) is 19.7 Å². The maximum Gasteiger partial charge on any atom is 0.294 e. The van der Waals surface area contributed by atoms with E-state index in [0.717, 1.165) is 16.8 Å². The van der Waals surface area contributed by atoms with Gasteiger partial charge in [-0.05, 0) is 42.8 Å². The Morgan fingerprint density at radius 2 is 2.00 bits per heavy atom. The predicted molar refractivity (Wildman–Crippen MR) is 127 cm³/mol. The van der Waals surface area contributed by atoms with Gasteiger partial charge in [-0.25, -0.2) is 0 Å². The number of aryl methyl sites for hydroxylation is 1. The van der Waals surface area contributed by atoms with Gasteiger partial charge in [-0.15, -0.1) is 10.2 Å². The molecule has 0 radical (unpaired) electrons. The molecule has 0 aliphatic heterocycles. The van der Waals surface area contributed by atoms with Gasteiger partial charge in [-0.3, -0.25) is 24.5 Å². The summed E-state index contributed by atoms with van der Waals surface area (Å²) in [6, 6.07) is 15.5. The summed E-state index contributed by atoms with van der Waals surface area (Å²) in [5.74, 6) is 0.137. The Morgan fingerprint density at radius 1 is 1.18 bits per heavy atom. The molecule has 0 atom stereocenters. The minimum Gasteiger partial charge on any atom is -0.320 e. The second kappa shape index (κ2) is 9.80. The van der Waals surface area contributed by atoms with Crippen LogP contribution >= 0.6 is 23.4 Å². The van der Waals surface area contributed by atoms with Crippen LogP contribution < -0.4 is 5.32 Å². The van der Waals surface area contributed by atoms with E-state index >= 15 is 0 Å². The SMILES string of the molecule is Cc1ccccc1-n1c(SCC(=O)Nc2ccc(Cl)cc2[N+](=O)[O-])nnc1-c1cccnc1. The van der Waals surface area contributed by atoms with Gasteiger partial charge in [-0.2, -0.15) is 0 Å². The molecule has 9 nitrogen and oxygen atoms in total. The zero-order chi connectivity index (χ0) is 23.4. The van der Waals surface area contributed by atoms with Crippen LogP contribution in [0.5, 0.6) is 0 Å². The number of hydrogen-bond donors (Lipinski definition) is 1. The summed E-state index contributed by atoms with van der Waals surface area (Å²) in [6.07, 6.45) is 3.37. The molecular formula is C22H17ClN6O3S. The number of carbonyl (C=O) groups is 1. The van der Waals surface area contributed by atoms with Gasteiger partial charge in [0, 0.05) is 29.0 Å². The molecule has 2 aromatic carbocycles. The summed E-state index contributed by atoms with van der Waals surface area (Å²) in [7, 11) is 0. The smallest absolute Gasteiger partial charge is 0.294 e. The molecule has 33 heavy (non-hydrogen) atoms. The average Bonchev–Trinajstić information content (AvgIpc) is 3.23. The van der Waals surface area contributed by atoms with E-state index in [1.165, 1.54) is 30.0 Å². The molecule has 4 rings (SSSR count). The minimum atomic E-state index is -0.594. The summed E-state index contributed by atoms with van der Waals surface area (Å²) in [5.41, 5.74) is 2.46. The van der Waals surface area contributed by atoms with E-state index in [1.54, 1.807) is 12.4 Å². The molecule has 0 saturated heterocycles. The lowest BCUT2D eigenvalue weighted by Crippen LogP contribution is -2.15. The number of halogens is 1. The molecular weight excluding hydrogens is 464 g/mol. The summed E-state index contributed by atoms with van der Waals surface area (Å²) >= 11 is 7.01. The number of nitro benzene ring substituents is 1. The second-order valence-electron chi connectivity index (χ2n) is 6.93. The Kier molecular flexibility index (Phi) is 6.66. The molecule has 2 heterocycles. The Morgan fingerprint density at radius 3 is 2.73 bits per heavy atom. The van der Waals surface area contributed by atoms with Crippen molar-refractivity contribution < 1.29 is 9.72 Å². The van der Waals surface area contributed by atoms with Crippen molar-refractivity contribution in [2.75, 3.05) is 11.1 Å². The largest absolute Gasteiger partial charge is 0.320 e. The monoisotopic (exact) mass is 480 g/mol. The highest BCUT2D eigenvalue weighted by Crippen LogP contribution is 2.30. The highest BCUT2D eigenvalue weighted by molar-refractivity contribution is 7.99. The maximum atomic E-state index is 12.6. The number of aromatic nitrogens is 4. The average molecular weight is 481 g/mol. The zero-order valence-electron chi connectivity index (χ0n) is 17.3. The van der Waals surface area contributed by atoms with Gasteiger partial charge in [0.2, 0.25) is 5.91 Å². The normalized spacial score (nSPS) is 10.7. The molecule has 0 aliphatic carbocycles. The predicted octanol–water partition coefficient (Wildman–Crippen LogP) is 4.93. The molecule has 1 N–H and O–H groups in total.